The van der Waals surface area contributed by atoms with Crippen LogP contribution in [0, 0.1) is 5.92 Å². The maximum absolute atomic E-state index is 3.45. The molecule has 2 heteroatoms. The molecule has 0 aliphatic rings. The second kappa shape index (κ2) is 6.57. The molecule has 0 saturated heterocycles. The van der Waals surface area contributed by atoms with Gasteiger partial charge in [-0.3, -0.25) is 0 Å². The van der Waals surface area contributed by atoms with Crippen molar-refractivity contribution in [1.29, 1.82) is 0 Å². The van der Waals surface area contributed by atoms with Gasteiger partial charge in [-0.1, -0.05) is 37.3 Å². The van der Waals surface area contributed by atoms with Gasteiger partial charge < -0.3 is 10.6 Å². The van der Waals surface area contributed by atoms with Crippen LogP contribution < -0.4 is 10.6 Å². The van der Waals surface area contributed by atoms with Crippen molar-refractivity contribution < 1.29 is 0 Å². The number of hydrogen-bond donors (Lipinski definition) is 2. The Bertz CT molecular complexity index is 233. The van der Waals surface area contributed by atoms with Gasteiger partial charge in [-0.25, -0.2) is 0 Å². The van der Waals surface area contributed by atoms with E-state index in [1.54, 1.807) is 0 Å². The molecule has 1 aromatic carbocycles. The van der Waals surface area contributed by atoms with E-state index in [0.29, 0.717) is 5.92 Å². The summed E-state index contributed by atoms with van der Waals surface area (Å²) in [7, 11) is 1.99. The fourth-order valence-electron chi connectivity index (χ4n) is 1.48. The van der Waals surface area contributed by atoms with Crippen molar-refractivity contribution in [3.05, 3.63) is 35.9 Å². The summed E-state index contributed by atoms with van der Waals surface area (Å²) < 4.78 is 0. The van der Waals surface area contributed by atoms with Crippen molar-refractivity contribution in [2.75, 3.05) is 20.1 Å². The molecular weight excluding hydrogens is 172 g/mol. The first-order valence-corrected chi connectivity index (χ1v) is 5.22. The first kappa shape index (κ1) is 11.2. The average molecular weight is 192 g/mol. The van der Waals surface area contributed by atoms with E-state index < -0.39 is 0 Å². The summed E-state index contributed by atoms with van der Waals surface area (Å²) in [5, 5.41) is 6.62. The lowest BCUT2D eigenvalue weighted by Crippen LogP contribution is -2.27. The molecular formula is C12H20N2. The molecule has 0 saturated carbocycles. The van der Waals surface area contributed by atoms with E-state index in [1.165, 1.54) is 5.56 Å². The molecule has 1 aromatic rings. The average Bonchev–Trinajstić information content (AvgIpc) is 2.20. The molecule has 0 heterocycles. The van der Waals surface area contributed by atoms with Crippen LogP contribution in [0.25, 0.3) is 0 Å². The summed E-state index contributed by atoms with van der Waals surface area (Å²) in [6.45, 7) is 5.35. The maximum Gasteiger partial charge on any atom is 0.0205 e. The Kier molecular flexibility index (Phi) is 5.27. The normalized spacial score (nSPS) is 12.7. The zero-order valence-corrected chi connectivity index (χ0v) is 9.09. The van der Waals surface area contributed by atoms with Gasteiger partial charge in [-0.15, -0.1) is 0 Å². The zero-order valence-electron chi connectivity index (χ0n) is 9.09. The molecule has 0 aliphatic carbocycles. The van der Waals surface area contributed by atoms with E-state index in [9.17, 15) is 0 Å². The minimum atomic E-state index is 0.684. The Morgan fingerprint density at radius 2 is 1.86 bits per heavy atom. The predicted octanol–water partition coefficient (Wildman–Crippen LogP) is 1.63. The fourth-order valence-corrected chi connectivity index (χ4v) is 1.48. The lowest BCUT2D eigenvalue weighted by atomic mass is 10.1. The van der Waals surface area contributed by atoms with Crippen molar-refractivity contribution in [3.63, 3.8) is 0 Å². The fraction of sp³-hybridized carbons (Fsp3) is 0.500. The van der Waals surface area contributed by atoms with Crippen LogP contribution in [0.1, 0.15) is 12.5 Å². The van der Waals surface area contributed by atoms with Gasteiger partial charge in [-0.2, -0.15) is 0 Å². The molecule has 0 amide bonds. The summed E-state index contributed by atoms with van der Waals surface area (Å²) in [5.74, 6) is 0.684. The van der Waals surface area contributed by atoms with Crippen LogP contribution in [0.2, 0.25) is 0 Å². The largest absolute Gasteiger partial charge is 0.319 e. The molecule has 1 unspecified atom stereocenters. The van der Waals surface area contributed by atoms with Crippen LogP contribution in [-0.4, -0.2) is 20.1 Å². The van der Waals surface area contributed by atoms with Gasteiger partial charge in [0.15, 0.2) is 0 Å². The number of rotatable bonds is 6. The first-order chi connectivity index (χ1) is 6.83. The quantitative estimate of drug-likeness (QED) is 0.716. The smallest absolute Gasteiger partial charge is 0.0205 e. The van der Waals surface area contributed by atoms with Crippen molar-refractivity contribution in [2.45, 2.75) is 13.5 Å². The van der Waals surface area contributed by atoms with E-state index >= 15 is 0 Å². The zero-order chi connectivity index (χ0) is 10.2. The van der Waals surface area contributed by atoms with Crippen molar-refractivity contribution in [2.24, 2.45) is 5.92 Å². The van der Waals surface area contributed by atoms with Crippen molar-refractivity contribution >= 4 is 0 Å². The first-order valence-electron chi connectivity index (χ1n) is 5.22. The maximum atomic E-state index is 3.45. The number of nitrogens with one attached hydrogen (secondary N) is 2. The van der Waals surface area contributed by atoms with Crippen LogP contribution in [0.15, 0.2) is 30.3 Å². The van der Waals surface area contributed by atoms with Gasteiger partial charge >= 0.3 is 0 Å². The molecule has 0 fully saturated rings. The van der Waals surface area contributed by atoms with E-state index in [2.05, 4.69) is 41.8 Å². The molecule has 0 radical (unpaired) electrons. The molecule has 0 spiro atoms. The second-order valence-electron chi connectivity index (χ2n) is 3.78. The third-order valence-electron chi connectivity index (χ3n) is 2.22. The topological polar surface area (TPSA) is 24.1 Å². The SMILES string of the molecule is CNCC(C)CNCc1ccccc1. The van der Waals surface area contributed by atoms with Gasteiger partial charge in [0, 0.05) is 6.54 Å². The summed E-state index contributed by atoms with van der Waals surface area (Å²) in [4.78, 5) is 0. The summed E-state index contributed by atoms with van der Waals surface area (Å²) in [6.07, 6.45) is 0. The van der Waals surface area contributed by atoms with Crippen LogP contribution in [0.5, 0.6) is 0 Å². The Labute approximate surface area is 86.7 Å². The molecule has 0 aliphatic heterocycles. The Morgan fingerprint density at radius 3 is 2.50 bits per heavy atom. The highest BCUT2D eigenvalue weighted by molar-refractivity contribution is 5.14. The molecule has 0 bridgehead atoms. The highest BCUT2D eigenvalue weighted by Gasteiger charge is 1.98. The molecule has 1 rings (SSSR count). The Morgan fingerprint density at radius 1 is 1.14 bits per heavy atom. The molecule has 1 atom stereocenters. The number of hydrogen-bond acceptors (Lipinski definition) is 2. The highest BCUT2D eigenvalue weighted by Crippen LogP contribution is 1.98. The Balaban J connectivity index is 2.16. The van der Waals surface area contributed by atoms with Crippen molar-refractivity contribution in [3.8, 4) is 0 Å². The third kappa shape index (κ3) is 4.40. The molecule has 2 nitrogen and oxygen atoms in total. The molecule has 14 heavy (non-hydrogen) atoms. The van der Waals surface area contributed by atoms with E-state index in [0.717, 1.165) is 19.6 Å². The summed E-state index contributed by atoms with van der Waals surface area (Å²) in [5.41, 5.74) is 1.35. The predicted molar refractivity (Wildman–Crippen MR) is 61.2 cm³/mol. The van der Waals surface area contributed by atoms with Gasteiger partial charge in [0.1, 0.15) is 0 Å². The van der Waals surface area contributed by atoms with Gasteiger partial charge in [0.25, 0.3) is 0 Å². The summed E-state index contributed by atoms with van der Waals surface area (Å²) >= 11 is 0. The third-order valence-corrected chi connectivity index (χ3v) is 2.22. The monoisotopic (exact) mass is 192 g/mol. The highest BCUT2D eigenvalue weighted by atomic mass is 14.9. The van der Waals surface area contributed by atoms with E-state index in [4.69, 9.17) is 0 Å². The van der Waals surface area contributed by atoms with E-state index in [-0.39, 0.29) is 0 Å². The lowest BCUT2D eigenvalue weighted by Gasteiger charge is -2.11. The van der Waals surface area contributed by atoms with Gasteiger partial charge in [0.05, 0.1) is 0 Å². The minimum absolute atomic E-state index is 0.684. The Hall–Kier alpha value is -0.860. The van der Waals surface area contributed by atoms with Crippen LogP contribution in [-0.2, 0) is 6.54 Å². The van der Waals surface area contributed by atoms with Crippen molar-refractivity contribution in [1.82, 2.24) is 10.6 Å². The molecule has 0 aromatic heterocycles. The van der Waals surface area contributed by atoms with Gasteiger partial charge in [-0.05, 0) is 31.6 Å². The second-order valence-corrected chi connectivity index (χ2v) is 3.78. The minimum Gasteiger partial charge on any atom is -0.319 e. The van der Waals surface area contributed by atoms with Crippen LogP contribution in [0.3, 0.4) is 0 Å². The van der Waals surface area contributed by atoms with E-state index in [1.807, 2.05) is 13.1 Å². The van der Waals surface area contributed by atoms with Crippen LogP contribution >= 0.6 is 0 Å². The lowest BCUT2D eigenvalue weighted by molar-refractivity contribution is 0.491. The summed E-state index contributed by atoms with van der Waals surface area (Å²) in [6, 6.07) is 10.5. The molecule has 78 valence electrons. The number of benzene rings is 1. The van der Waals surface area contributed by atoms with Crippen LogP contribution in [0.4, 0.5) is 0 Å². The molecule has 2 N–H and O–H groups in total. The van der Waals surface area contributed by atoms with Gasteiger partial charge in [0.2, 0.25) is 0 Å². The standard InChI is InChI=1S/C12H20N2/c1-11(8-13-2)9-14-10-12-6-4-3-5-7-12/h3-7,11,13-14H,8-10H2,1-2H3.